The van der Waals surface area contributed by atoms with Gasteiger partial charge < -0.3 is 15.0 Å². The number of carbonyl (C=O) groups is 2. The third-order valence-corrected chi connectivity index (χ3v) is 4.59. The van der Waals surface area contributed by atoms with E-state index in [1.807, 2.05) is 36.4 Å². The number of alkyl halides is 1. The van der Waals surface area contributed by atoms with Gasteiger partial charge in [0.25, 0.3) is 0 Å². The normalized spacial score (nSPS) is 20.1. The molecule has 1 unspecified atom stereocenters. The molecule has 27 heavy (non-hydrogen) atoms. The van der Waals surface area contributed by atoms with Crippen LogP contribution in [-0.4, -0.2) is 35.7 Å². The first-order valence-electron chi connectivity index (χ1n) is 8.94. The number of amides is 2. The molecule has 2 amide bonds. The number of likely N-dealkylation sites (tertiary alicyclic amines) is 1. The van der Waals surface area contributed by atoms with Crippen molar-refractivity contribution in [3.05, 3.63) is 71.8 Å². The zero-order valence-corrected chi connectivity index (χ0v) is 15.2. The molecule has 1 saturated heterocycles. The molecule has 1 N–H and O–H groups in total. The van der Waals surface area contributed by atoms with E-state index >= 15 is 0 Å². The fourth-order valence-corrected chi connectivity index (χ4v) is 3.11. The molecule has 0 radical (unpaired) electrons. The molecule has 0 saturated carbocycles. The Bertz CT molecular complexity index is 781. The monoisotopic (exact) mass is 370 g/mol. The second kappa shape index (κ2) is 8.20. The number of benzene rings is 2. The molecule has 2 atom stereocenters. The second-order valence-electron chi connectivity index (χ2n) is 6.97. The van der Waals surface area contributed by atoms with E-state index in [1.54, 1.807) is 24.3 Å². The lowest BCUT2D eigenvalue weighted by Gasteiger charge is -2.25. The summed E-state index contributed by atoms with van der Waals surface area (Å²) in [5.74, 6) is -0.334. The molecule has 2 aromatic rings. The molecule has 1 aliphatic heterocycles. The predicted octanol–water partition coefficient (Wildman–Crippen LogP) is 3.61. The fourth-order valence-electron chi connectivity index (χ4n) is 3.11. The van der Waals surface area contributed by atoms with E-state index in [2.05, 4.69) is 5.32 Å². The smallest absolute Gasteiger partial charge is 0.408 e. The Labute approximate surface area is 158 Å². The molecular formula is C21H23FN2O3. The summed E-state index contributed by atoms with van der Waals surface area (Å²) in [4.78, 5) is 26.7. The molecule has 1 aliphatic rings. The van der Waals surface area contributed by atoms with Gasteiger partial charge in [0.05, 0.1) is 6.54 Å². The minimum Gasteiger partial charge on any atom is -0.445 e. The summed E-state index contributed by atoms with van der Waals surface area (Å²) in [6, 6.07) is 17.3. The Morgan fingerprint density at radius 3 is 2.37 bits per heavy atom. The van der Waals surface area contributed by atoms with Gasteiger partial charge >= 0.3 is 6.09 Å². The second-order valence-corrected chi connectivity index (χ2v) is 6.97. The Kier molecular flexibility index (Phi) is 5.74. The number of halogens is 1. The molecule has 142 valence electrons. The van der Waals surface area contributed by atoms with E-state index in [0.717, 1.165) is 5.56 Å². The number of nitrogens with zero attached hydrogens (tertiary/aromatic N) is 1. The summed E-state index contributed by atoms with van der Waals surface area (Å²) < 4.78 is 19.4. The number of nitrogens with one attached hydrogen (secondary N) is 1. The van der Waals surface area contributed by atoms with Gasteiger partial charge in [0, 0.05) is 13.0 Å². The van der Waals surface area contributed by atoms with E-state index < -0.39 is 17.8 Å². The zero-order chi connectivity index (χ0) is 19.3. The van der Waals surface area contributed by atoms with Crippen LogP contribution < -0.4 is 5.32 Å². The minimum atomic E-state index is -1.40. The molecular weight excluding hydrogens is 347 g/mol. The summed E-state index contributed by atoms with van der Waals surface area (Å²) in [6.07, 6.45) is -0.401. The third kappa shape index (κ3) is 5.06. The predicted molar refractivity (Wildman–Crippen MR) is 99.7 cm³/mol. The first-order chi connectivity index (χ1) is 12.9. The van der Waals surface area contributed by atoms with Gasteiger partial charge in [-0.15, -0.1) is 0 Å². The Morgan fingerprint density at radius 2 is 1.78 bits per heavy atom. The number of rotatable bonds is 5. The van der Waals surface area contributed by atoms with Gasteiger partial charge in [-0.1, -0.05) is 60.7 Å². The Hall–Kier alpha value is -2.89. The number of carbonyl (C=O) groups excluding carboxylic acids is 2. The van der Waals surface area contributed by atoms with Gasteiger partial charge in [0.1, 0.15) is 18.3 Å². The first kappa shape index (κ1) is 18.9. The van der Waals surface area contributed by atoms with E-state index in [1.165, 1.54) is 11.8 Å². The maximum absolute atomic E-state index is 14.2. The van der Waals surface area contributed by atoms with Gasteiger partial charge in [-0.25, -0.2) is 9.18 Å². The standard InChI is InChI=1S/C21H23FN2O3/c1-21(22)12-13-24(15-21)19(25)18(17-10-6-3-7-11-17)23-20(26)27-14-16-8-4-2-5-9-16/h2-11,18H,12-15H2,1H3,(H,23,26)/t18-,21?/m0/s1. The summed E-state index contributed by atoms with van der Waals surface area (Å²) >= 11 is 0. The number of hydrogen-bond acceptors (Lipinski definition) is 3. The highest BCUT2D eigenvalue weighted by Gasteiger charge is 2.39. The highest BCUT2D eigenvalue weighted by Crippen LogP contribution is 2.27. The molecule has 3 rings (SSSR count). The minimum absolute atomic E-state index is 0.0237. The summed E-state index contributed by atoms with van der Waals surface area (Å²) in [6.45, 7) is 1.94. The van der Waals surface area contributed by atoms with E-state index in [4.69, 9.17) is 4.74 Å². The number of ether oxygens (including phenoxy) is 1. The van der Waals surface area contributed by atoms with Gasteiger partial charge in [-0.05, 0) is 18.1 Å². The average Bonchev–Trinajstić information content (AvgIpc) is 3.05. The molecule has 1 heterocycles. The van der Waals surface area contributed by atoms with Gasteiger partial charge in [0.2, 0.25) is 5.91 Å². The molecule has 0 aliphatic carbocycles. The molecule has 2 aromatic carbocycles. The van der Waals surface area contributed by atoms with Crippen LogP contribution in [0, 0.1) is 0 Å². The topological polar surface area (TPSA) is 58.6 Å². The van der Waals surface area contributed by atoms with Crippen molar-refractivity contribution >= 4 is 12.0 Å². The van der Waals surface area contributed by atoms with Crippen molar-refractivity contribution in [2.24, 2.45) is 0 Å². The summed E-state index contributed by atoms with van der Waals surface area (Å²) in [5, 5.41) is 2.63. The van der Waals surface area contributed by atoms with Gasteiger partial charge in [0.15, 0.2) is 0 Å². The molecule has 6 heteroatoms. The molecule has 0 bridgehead atoms. The van der Waals surface area contributed by atoms with E-state index in [9.17, 15) is 14.0 Å². The largest absolute Gasteiger partial charge is 0.445 e. The van der Waals surface area contributed by atoms with Crippen molar-refractivity contribution in [1.29, 1.82) is 0 Å². The maximum Gasteiger partial charge on any atom is 0.408 e. The lowest BCUT2D eigenvalue weighted by molar-refractivity contribution is -0.133. The lowest BCUT2D eigenvalue weighted by Crippen LogP contribution is -2.43. The van der Waals surface area contributed by atoms with Crippen LogP contribution in [0.15, 0.2) is 60.7 Å². The lowest BCUT2D eigenvalue weighted by atomic mass is 10.1. The van der Waals surface area contributed by atoms with Gasteiger partial charge in [-0.2, -0.15) is 0 Å². The molecule has 1 fully saturated rings. The van der Waals surface area contributed by atoms with Crippen molar-refractivity contribution in [2.75, 3.05) is 13.1 Å². The van der Waals surface area contributed by atoms with Crippen molar-refractivity contribution < 1.29 is 18.7 Å². The first-order valence-corrected chi connectivity index (χ1v) is 8.94. The number of alkyl carbamates (subject to hydrolysis) is 1. The maximum atomic E-state index is 14.2. The summed E-state index contributed by atoms with van der Waals surface area (Å²) in [5.41, 5.74) is 0.0830. The van der Waals surface area contributed by atoms with Crippen LogP contribution in [0.25, 0.3) is 0 Å². The summed E-state index contributed by atoms with van der Waals surface area (Å²) in [7, 11) is 0. The highest BCUT2D eigenvalue weighted by atomic mass is 19.1. The average molecular weight is 370 g/mol. The van der Waals surface area contributed by atoms with Crippen LogP contribution in [-0.2, 0) is 16.1 Å². The Balaban J connectivity index is 1.69. The van der Waals surface area contributed by atoms with Crippen LogP contribution in [0.5, 0.6) is 0 Å². The quantitative estimate of drug-likeness (QED) is 0.875. The molecule has 5 nitrogen and oxygen atoms in total. The van der Waals surface area contributed by atoms with E-state index in [-0.39, 0.29) is 19.1 Å². The van der Waals surface area contributed by atoms with Crippen LogP contribution in [0.4, 0.5) is 9.18 Å². The van der Waals surface area contributed by atoms with Crippen molar-refractivity contribution in [2.45, 2.75) is 31.7 Å². The van der Waals surface area contributed by atoms with Crippen molar-refractivity contribution in [3.8, 4) is 0 Å². The SMILES string of the molecule is CC1(F)CCN(C(=O)[C@@H](NC(=O)OCc2ccccc2)c2ccccc2)C1. The van der Waals surface area contributed by atoms with Crippen LogP contribution >= 0.6 is 0 Å². The highest BCUT2D eigenvalue weighted by molar-refractivity contribution is 5.87. The van der Waals surface area contributed by atoms with Gasteiger partial charge in [-0.3, -0.25) is 4.79 Å². The molecule has 0 aromatic heterocycles. The van der Waals surface area contributed by atoms with Crippen LogP contribution in [0.3, 0.4) is 0 Å². The van der Waals surface area contributed by atoms with Crippen LogP contribution in [0.2, 0.25) is 0 Å². The number of hydrogen-bond donors (Lipinski definition) is 1. The van der Waals surface area contributed by atoms with Crippen LogP contribution in [0.1, 0.15) is 30.5 Å². The molecule has 0 spiro atoms. The third-order valence-electron chi connectivity index (χ3n) is 4.59. The zero-order valence-electron chi connectivity index (χ0n) is 15.2. The Morgan fingerprint density at radius 1 is 1.15 bits per heavy atom. The van der Waals surface area contributed by atoms with Crippen molar-refractivity contribution in [3.63, 3.8) is 0 Å². The fraction of sp³-hybridized carbons (Fsp3) is 0.333. The van der Waals surface area contributed by atoms with Crippen molar-refractivity contribution in [1.82, 2.24) is 10.2 Å². The van der Waals surface area contributed by atoms with E-state index in [0.29, 0.717) is 18.5 Å².